The topological polar surface area (TPSA) is 118 Å². The number of rotatable bonds is 6. The fourth-order valence-corrected chi connectivity index (χ4v) is 3.37. The number of ether oxygens (including phenoxy) is 1. The summed E-state index contributed by atoms with van der Waals surface area (Å²) in [6.07, 6.45) is 3.20. The van der Waals surface area contributed by atoms with Crippen molar-refractivity contribution < 1.29 is 14.3 Å². The Morgan fingerprint density at radius 2 is 2.12 bits per heavy atom. The Morgan fingerprint density at radius 3 is 2.68 bits per heavy atom. The molecule has 130 valence electrons. The zero-order chi connectivity index (χ0) is 18.4. The lowest BCUT2D eigenvalue weighted by molar-refractivity contribution is -0.138. The molecule has 0 radical (unpaired) electrons. The van der Waals surface area contributed by atoms with Crippen LogP contribution in [-0.4, -0.2) is 29.2 Å². The van der Waals surface area contributed by atoms with Gasteiger partial charge in [0.25, 0.3) is 0 Å². The fourth-order valence-electron chi connectivity index (χ4n) is 2.54. The first kappa shape index (κ1) is 18.5. The Kier molecular flexibility index (Phi) is 6.19. The highest BCUT2D eigenvalue weighted by Gasteiger charge is 2.35. The average molecular weight is 358 g/mol. The number of nitrogens with zero attached hydrogens (tertiary/aromatic N) is 2. The number of carbonyl (C=O) groups excluding carboxylic acids is 2. The van der Waals surface area contributed by atoms with Crippen LogP contribution in [0.5, 0.6) is 0 Å². The summed E-state index contributed by atoms with van der Waals surface area (Å²) in [6, 6.07) is 5.65. The third-order valence-electron chi connectivity index (χ3n) is 3.54. The van der Waals surface area contributed by atoms with Gasteiger partial charge in [-0.25, -0.2) is 4.79 Å². The van der Waals surface area contributed by atoms with E-state index >= 15 is 0 Å². The van der Waals surface area contributed by atoms with E-state index in [1.165, 1.54) is 0 Å². The standard InChI is InChI=1S/C17H18N4O3S/c1-3-24-17(23)14-10(2)21-16(25-9-13(19)22)12(8-18)15(14)11-4-6-20-7-5-11/h4-7,15,21H,3,9H2,1-2H3,(H2,19,22). The second-order valence-electron chi connectivity index (χ2n) is 5.21. The summed E-state index contributed by atoms with van der Waals surface area (Å²) in [5.74, 6) is -1.54. The monoisotopic (exact) mass is 358 g/mol. The number of primary amides is 1. The van der Waals surface area contributed by atoms with Crippen molar-refractivity contribution in [2.45, 2.75) is 19.8 Å². The van der Waals surface area contributed by atoms with Gasteiger partial charge in [0.1, 0.15) is 0 Å². The number of amides is 1. The van der Waals surface area contributed by atoms with Crippen LogP contribution in [0.4, 0.5) is 0 Å². The van der Waals surface area contributed by atoms with Gasteiger partial charge >= 0.3 is 5.97 Å². The number of esters is 1. The van der Waals surface area contributed by atoms with E-state index in [9.17, 15) is 14.9 Å². The van der Waals surface area contributed by atoms with Crippen molar-refractivity contribution in [2.75, 3.05) is 12.4 Å². The van der Waals surface area contributed by atoms with E-state index in [0.717, 1.165) is 17.3 Å². The Morgan fingerprint density at radius 1 is 1.44 bits per heavy atom. The SMILES string of the molecule is CCOC(=O)C1=C(C)NC(SCC(N)=O)=C(C#N)C1c1ccncc1. The van der Waals surface area contributed by atoms with Crippen LogP contribution < -0.4 is 11.1 Å². The molecule has 1 atom stereocenters. The summed E-state index contributed by atoms with van der Waals surface area (Å²) in [6.45, 7) is 3.69. The molecule has 0 saturated carbocycles. The summed E-state index contributed by atoms with van der Waals surface area (Å²) in [5, 5.41) is 13.3. The van der Waals surface area contributed by atoms with E-state index in [4.69, 9.17) is 10.5 Å². The molecular formula is C17H18N4O3S. The number of hydrogen-bond acceptors (Lipinski definition) is 7. The highest BCUT2D eigenvalue weighted by Crippen LogP contribution is 2.40. The van der Waals surface area contributed by atoms with E-state index in [1.54, 1.807) is 38.4 Å². The van der Waals surface area contributed by atoms with Crippen molar-refractivity contribution in [2.24, 2.45) is 5.73 Å². The quantitative estimate of drug-likeness (QED) is 0.741. The number of carbonyl (C=O) groups is 2. The highest BCUT2D eigenvalue weighted by molar-refractivity contribution is 8.03. The van der Waals surface area contributed by atoms with Crippen LogP contribution in [0.15, 0.2) is 46.4 Å². The minimum Gasteiger partial charge on any atom is -0.463 e. The first-order chi connectivity index (χ1) is 12.0. The zero-order valence-corrected chi connectivity index (χ0v) is 14.7. The van der Waals surface area contributed by atoms with Crippen LogP contribution in [0.25, 0.3) is 0 Å². The molecule has 1 amide bonds. The number of dihydropyridines is 1. The molecule has 0 fully saturated rings. The molecule has 0 spiro atoms. The van der Waals surface area contributed by atoms with Gasteiger partial charge in [0, 0.05) is 18.1 Å². The molecule has 0 aliphatic carbocycles. The van der Waals surface area contributed by atoms with Crippen molar-refractivity contribution in [1.29, 1.82) is 5.26 Å². The van der Waals surface area contributed by atoms with Crippen LogP contribution in [0, 0.1) is 11.3 Å². The summed E-state index contributed by atoms with van der Waals surface area (Å²) in [7, 11) is 0. The number of nitriles is 1. The minimum absolute atomic E-state index is 0.0264. The Balaban J connectivity index is 2.55. The highest BCUT2D eigenvalue weighted by atomic mass is 32.2. The van der Waals surface area contributed by atoms with E-state index in [2.05, 4.69) is 16.4 Å². The van der Waals surface area contributed by atoms with Crippen LogP contribution in [0.1, 0.15) is 25.3 Å². The number of allylic oxidation sites excluding steroid dienone is 2. The maximum Gasteiger partial charge on any atom is 0.336 e. The van der Waals surface area contributed by atoms with E-state index in [-0.39, 0.29) is 12.4 Å². The summed E-state index contributed by atoms with van der Waals surface area (Å²) >= 11 is 1.14. The molecule has 0 saturated heterocycles. The van der Waals surface area contributed by atoms with Crippen LogP contribution >= 0.6 is 11.8 Å². The van der Waals surface area contributed by atoms with Crippen molar-refractivity contribution in [1.82, 2.24) is 10.3 Å². The Labute approximate surface area is 149 Å². The summed E-state index contributed by atoms with van der Waals surface area (Å²) in [4.78, 5) is 27.6. The number of pyridine rings is 1. The second kappa shape index (κ2) is 8.35. The maximum absolute atomic E-state index is 12.5. The fraction of sp³-hybridized carbons (Fsp3) is 0.294. The summed E-state index contributed by atoms with van der Waals surface area (Å²) in [5.41, 5.74) is 7.23. The van der Waals surface area contributed by atoms with E-state index in [1.807, 2.05) is 0 Å². The predicted molar refractivity (Wildman–Crippen MR) is 93.7 cm³/mol. The van der Waals surface area contributed by atoms with E-state index < -0.39 is 17.8 Å². The van der Waals surface area contributed by atoms with Crippen molar-refractivity contribution >= 4 is 23.6 Å². The number of nitrogens with one attached hydrogen (secondary N) is 1. The third-order valence-corrected chi connectivity index (χ3v) is 4.58. The molecule has 2 heterocycles. The number of hydrogen-bond donors (Lipinski definition) is 2. The molecule has 1 aromatic heterocycles. The molecule has 1 aromatic rings. The van der Waals surface area contributed by atoms with Crippen molar-refractivity contribution in [3.8, 4) is 6.07 Å². The Bertz CT molecular complexity index is 781. The molecule has 8 heteroatoms. The number of aromatic nitrogens is 1. The lowest BCUT2D eigenvalue weighted by Crippen LogP contribution is -2.29. The number of thioether (sulfide) groups is 1. The first-order valence-corrected chi connectivity index (χ1v) is 8.58. The van der Waals surface area contributed by atoms with Crippen molar-refractivity contribution in [3.63, 3.8) is 0 Å². The van der Waals surface area contributed by atoms with Gasteiger partial charge in [0.05, 0.1) is 40.5 Å². The number of nitrogens with two attached hydrogens (primary N) is 1. The van der Waals surface area contributed by atoms with Crippen molar-refractivity contribution in [3.05, 3.63) is 52.0 Å². The zero-order valence-electron chi connectivity index (χ0n) is 13.9. The summed E-state index contributed by atoms with van der Waals surface area (Å²) < 4.78 is 5.16. The molecule has 2 rings (SSSR count). The molecule has 3 N–H and O–H groups in total. The molecule has 25 heavy (non-hydrogen) atoms. The van der Waals surface area contributed by atoms with Gasteiger partial charge in [-0.1, -0.05) is 11.8 Å². The van der Waals surface area contributed by atoms with Gasteiger partial charge in [-0.15, -0.1) is 0 Å². The normalized spacial score (nSPS) is 16.9. The van der Waals surface area contributed by atoms with Crippen LogP contribution in [0.2, 0.25) is 0 Å². The molecular weight excluding hydrogens is 340 g/mol. The average Bonchev–Trinajstić information content (AvgIpc) is 2.60. The Hall–Kier alpha value is -2.79. The van der Waals surface area contributed by atoms with Gasteiger partial charge in [-0.3, -0.25) is 9.78 Å². The maximum atomic E-state index is 12.5. The molecule has 0 aromatic carbocycles. The predicted octanol–water partition coefficient (Wildman–Crippen LogP) is 1.56. The largest absolute Gasteiger partial charge is 0.463 e. The van der Waals surface area contributed by atoms with Crippen LogP contribution in [0.3, 0.4) is 0 Å². The lowest BCUT2D eigenvalue weighted by atomic mass is 9.83. The smallest absolute Gasteiger partial charge is 0.336 e. The van der Waals surface area contributed by atoms with Gasteiger partial charge in [0.15, 0.2) is 0 Å². The van der Waals surface area contributed by atoms with Gasteiger partial charge < -0.3 is 15.8 Å². The first-order valence-electron chi connectivity index (χ1n) is 7.59. The molecule has 1 unspecified atom stereocenters. The molecule has 1 aliphatic rings. The van der Waals surface area contributed by atoms with Crippen LogP contribution in [-0.2, 0) is 14.3 Å². The third kappa shape index (κ3) is 4.19. The van der Waals surface area contributed by atoms with Gasteiger partial charge in [0.2, 0.25) is 5.91 Å². The molecule has 1 aliphatic heterocycles. The minimum atomic E-state index is -0.594. The second-order valence-corrected chi connectivity index (χ2v) is 6.19. The molecule has 7 nitrogen and oxygen atoms in total. The van der Waals surface area contributed by atoms with Gasteiger partial charge in [-0.2, -0.15) is 5.26 Å². The lowest BCUT2D eigenvalue weighted by Gasteiger charge is -2.29. The molecule has 0 bridgehead atoms. The van der Waals surface area contributed by atoms with E-state index in [0.29, 0.717) is 21.9 Å². The van der Waals surface area contributed by atoms with Gasteiger partial charge in [-0.05, 0) is 31.5 Å².